The molecule has 0 saturated carbocycles. The van der Waals surface area contributed by atoms with Crippen LogP contribution in [0.2, 0.25) is 0 Å². The van der Waals surface area contributed by atoms with Crippen molar-refractivity contribution in [2.45, 2.75) is 38.7 Å². The predicted octanol–water partition coefficient (Wildman–Crippen LogP) is 2.97. The number of benzene rings is 1. The number of carbonyl (C=O) groups is 1. The number of nitrogens with zero attached hydrogens (tertiary/aromatic N) is 2. The Morgan fingerprint density at radius 1 is 1.36 bits per heavy atom. The van der Waals surface area contributed by atoms with E-state index in [-0.39, 0.29) is 18.9 Å². The number of aromatic nitrogens is 2. The monoisotopic (exact) mass is 341 g/mol. The van der Waals surface area contributed by atoms with Crippen LogP contribution in [0, 0.1) is 0 Å². The average molecular weight is 341 g/mol. The van der Waals surface area contributed by atoms with E-state index in [1.54, 1.807) is 31.0 Å². The Kier molecular flexibility index (Phi) is 6.15. The normalized spacial score (nSPS) is 14.0. The number of aryl methyl sites for hydroxylation is 1. The van der Waals surface area contributed by atoms with Crippen LogP contribution in [0.4, 0.5) is 0 Å². The van der Waals surface area contributed by atoms with Crippen LogP contribution < -0.4 is 5.32 Å². The second-order valence-electron chi connectivity index (χ2n) is 6.88. The molecule has 0 aliphatic rings. The third kappa shape index (κ3) is 5.57. The molecule has 1 heterocycles. The first-order valence-electron chi connectivity index (χ1n) is 8.52. The Balaban J connectivity index is 1.82. The first-order valence-corrected chi connectivity index (χ1v) is 8.52. The first-order chi connectivity index (χ1) is 11.8. The van der Waals surface area contributed by atoms with Gasteiger partial charge in [-0.2, -0.15) is 5.10 Å². The number of rotatable bonds is 7. The molecule has 1 aromatic heterocycles. The molecule has 1 unspecified atom stereocenters. The van der Waals surface area contributed by atoms with Gasteiger partial charge in [0.25, 0.3) is 0 Å². The molecule has 134 valence electrons. The number of aliphatic hydroxyl groups is 1. The van der Waals surface area contributed by atoms with Crippen LogP contribution in [0.15, 0.2) is 42.7 Å². The van der Waals surface area contributed by atoms with Crippen molar-refractivity contribution in [1.82, 2.24) is 15.1 Å². The lowest BCUT2D eigenvalue weighted by molar-refractivity contribution is -0.121. The first kappa shape index (κ1) is 18.9. The maximum atomic E-state index is 12.0. The highest BCUT2D eigenvalue weighted by atomic mass is 16.3. The number of hydrogen-bond acceptors (Lipinski definition) is 3. The van der Waals surface area contributed by atoms with Crippen LogP contribution in [-0.2, 0) is 17.4 Å². The fourth-order valence-electron chi connectivity index (χ4n) is 2.44. The summed E-state index contributed by atoms with van der Waals surface area (Å²) in [4.78, 5) is 12.0. The lowest BCUT2D eigenvalue weighted by Crippen LogP contribution is -2.38. The molecule has 2 rings (SSSR count). The van der Waals surface area contributed by atoms with Crippen molar-refractivity contribution in [3.8, 4) is 0 Å². The summed E-state index contributed by atoms with van der Waals surface area (Å²) in [6, 6.07) is 8.32. The van der Waals surface area contributed by atoms with Gasteiger partial charge in [-0.05, 0) is 24.0 Å². The van der Waals surface area contributed by atoms with Gasteiger partial charge in [-0.15, -0.1) is 0 Å². The van der Waals surface area contributed by atoms with E-state index in [4.69, 9.17) is 0 Å². The van der Waals surface area contributed by atoms with Gasteiger partial charge in [-0.25, -0.2) is 0 Å². The summed E-state index contributed by atoms with van der Waals surface area (Å²) in [6.07, 6.45) is 7.39. The Hall–Kier alpha value is -2.40. The van der Waals surface area contributed by atoms with Crippen molar-refractivity contribution in [1.29, 1.82) is 0 Å². The molecule has 2 N–H and O–H groups in total. The molecule has 0 aliphatic heterocycles. The number of nitrogens with one attached hydrogen (secondary N) is 1. The highest BCUT2D eigenvalue weighted by Gasteiger charge is 2.25. The van der Waals surface area contributed by atoms with E-state index in [1.165, 1.54) is 5.56 Å². The van der Waals surface area contributed by atoms with Crippen LogP contribution >= 0.6 is 0 Å². The standard InChI is InChI=1S/C20H27N3O2/c1-15(2)17-10-8-16(9-11-17)6-5-7-19(24)21-14-20(3,25)18-12-22-23(4)13-18/h5-6,8-13,15,25H,7,14H2,1-4H3,(H,21,24)/b6-5+. The topological polar surface area (TPSA) is 67.2 Å². The average Bonchev–Trinajstić information content (AvgIpc) is 3.01. The Bertz CT molecular complexity index is 728. The van der Waals surface area contributed by atoms with Crippen molar-refractivity contribution in [3.63, 3.8) is 0 Å². The zero-order chi connectivity index (χ0) is 18.4. The van der Waals surface area contributed by atoms with E-state index in [0.717, 1.165) is 5.56 Å². The third-order valence-corrected chi connectivity index (χ3v) is 4.17. The largest absolute Gasteiger partial charge is 0.383 e. The number of hydrogen-bond donors (Lipinski definition) is 2. The van der Waals surface area contributed by atoms with E-state index < -0.39 is 5.60 Å². The SMILES string of the molecule is CC(C)c1ccc(/C=C/CC(=O)NCC(C)(O)c2cnn(C)c2)cc1. The maximum Gasteiger partial charge on any atom is 0.223 e. The van der Waals surface area contributed by atoms with E-state index in [1.807, 2.05) is 12.2 Å². The molecule has 2 aromatic rings. The fourth-order valence-corrected chi connectivity index (χ4v) is 2.44. The molecule has 0 spiro atoms. The molecule has 0 aliphatic carbocycles. The molecular formula is C20H27N3O2. The summed E-state index contributed by atoms with van der Waals surface area (Å²) < 4.78 is 1.62. The van der Waals surface area contributed by atoms with Gasteiger partial charge in [0.2, 0.25) is 5.91 Å². The molecular weight excluding hydrogens is 314 g/mol. The summed E-state index contributed by atoms with van der Waals surface area (Å²) in [5.41, 5.74) is 1.91. The summed E-state index contributed by atoms with van der Waals surface area (Å²) >= 11 is 0. The molecule has 25 heavy (non-hydrogen) atoms. The molecule has 0 saturated heterocycles. The van der Waals surface area contributed by atoms with Crippen molar-refractivity contribution in [3.05, 3.63) is 59.4 Å². The summed E-state index contributed by atoms with van der Waals surface area (Å²) in [5.74, 6) is 0.385. The lowest BCUT2D eigenvalue weighted by atomic mass is 10.00. The minimum absolute atomic E-state index is 0.126. The molecule has 1 amide bonds. The second-order valence-corrected chi connectivity index (χ2v) is 6.88. The van der Waals surface area contributed by atoms with E-state index in [2.05, 4.69) is 48.5 Å². The van der Waals surface area contributed by atoms with Gasteiger partial charge in [0.15, 0.2) is 0 Å². The fraction of sp³-hybridized carbons (Fsp3) is 0.400. The Morgan fingerprint density at radius 2 is 2.04 bits per heavy atom. The van der Waals surface area contributed by atoms with E-state index >= 15 is 0 Å². The minimum atomic E-state index is -1.14. The van der Waals surface area contributed by atoms with Gasteiger partial charge in [0.05, 0.1) is 12.7 Å². The third-order valence-electron chi connectivity index (χ3n) is 4.17. The van der Waals surface area contributed by atoms with Gasteiger partial charge < -0.3 is 10.4 Å². The predicted molar refractivity (Wildman–Crippen MR) is 100.0 cm³/mol. The van der Waals surface area contributed by atoms with Gasteiger partial charge in [0.1, 0.15) is 5.60 Å². The molecule has 0 fully saturated rings. The summed E-state index contributed by atoms with van der Waals surface area (Å²) in [6.45, 7) is 6.14. The van der Waals surface area contributed by atoms with E-state index in [0.29, 0.717) is 11.5 Å². The number of amides is 1. The molecule has 5 nitrogen and oxygen atoms in total. The highest BCUT2D eigenvalue weighted by Crippen LogP contribution is 2.18. The minimum Gasteiger partial charge on any atom is -0.383 e. The maximum absolute atomic E-state index is 12.0. The van der Waals surface area contributed by atoms with Gasteiger partial charge in [-0.1, -0.05) is 50.3 Å². The van der Waals surface area contributed by atoms with Gasteiger partial charge >= 0.3 is 0 Å². The quantitative estimate of drug-likeness (QED) is 0.813. The van der Waals surface area contributed by atoms with Gasteiger partial charge in [-0.3, -0.25) is 9.48 Å². The van der Waals surface area contributed by atoms with Crippen LogP contribution in [0.25, 0.3) is 6.08 Å². The summed E-state index contributed by atoms with van der Waals surface area (Å²) in [7, 11) is 1.79. The zero-order valence-electron chi connectivity index (χ0n) is 15.4. The van der Waals surface area contributed by atoms with Crippen molar-refractivity contribution >= 4 is 12.0 Å². The van der Waals surface area contributed by atoms with Crippen LogP contribution in [0.5, 0.6) is 0 Å². The van der Waals surface area contributed by atoms with Crippen molar-refractivity contribution in [2.24, 2.45) is 7.05 Å². The lowest BCUT2D eigenvalue weighted by Gasteiger charge is -2.22. The zero-order valence-corrected chi connectivity index (χ0v) is 15.4. The van der Waals surface area contributed by atoms with Crippen LogP contribution in [0.1, 0.15) is 49.8 Å². The highest BCUT2D eigenvalue weighted by molar-refractivity contribution is 5.78. The van der Waals surface area contributed by atoms with E-state index in [9.17, 15) is 9.90 Å². The van der Waals surface area contributed by atoms with Crippen LogP contribution in [0.3, 0.4) is 0 Å². The van der Waals surface area contributed by atoms with Crippen molar-refractivity contribution in [2.75, 3.05) is 6.54 Å². The molecule has 1 atom stereocenters. The number of carbonyl (C=O) groups excluding carboxylic acids is 1. The smallest absolute Gasteiger partial charge is 0.223 e. The molecule has 5 heteroatoms. The Labute approximate surface area is 149 Å². The van der Waals surface area contributed by atoms with Gasteiger partial charge in [0, 0.05) is 25.2 Å². The molecule has 0 radical (unpaired) electrons. The Morgan fingerprint density at radius 3 is 2.60 bits per heavy atom. The van der Waals surface area contributed by atoms with Crippen LogP contribution in [-0.4, -0.2) is 27.3 Å². The van der Waals surface area contributed by atoms with Crippen molar-refractivity contribution < 1.29 is 9.90 Å². The molecule has 1 aromatic carbocycles. The second kappa shape index (κ2) is 8.12. The molecule has 0 bridgehead atoms. The summed E-state index contributed by atoms with van der Waals surface area (Å²) in [5, 5.41) is 17.2.